The van der Waals surface area contributed by atoms with Gasteiger partial charge in [0.05, 0.1) is 5.92 Å². The van der Waals surface area contributed by atoms with Gasteiger partial charge in [-0.25, -0.2) is 0 Å². The molecule has 1 aliphatic carbocycles. The molecule has 64 valence electrons. The van der Waals surface area contributed by atoms with Gasteiger partial charge in [0.1, 0.15) is 0 Å². The fraction of sp³-hybridized carbons (Fsp3) is 0.857. The fourth-order valence-electron chi connectivity index (χ4n) is 1.30. The number of carboxylic acids is 1. The van der Waals surface area contributed by atoms with E-state index in [-0.39, 0.29) is 5.92 Å². The van der Waals surface area contributed by atoms with Crippen molar-refractivity contribution in [2.24, 2.45) is 5.92 Å². The zero-order valence-electron chi connectivity index (χ0n) is 5.96. The Labute approximate surface area is 82.6 Å². The standard InChI is InChI=1S/C7H10Br2O2/c8-5-2-1-4(7(10)11)3-6(5)9/h4-6H,1-3H2,(H,10,11)/t4-,5+,6+/m0/s1. The Morgan fingerprint density at radius 1 is 1.27 bits per heavy atom. The number of carbonyl (C=O) groups is 1. The van der Waals surface area contributed by atoms with Crippen LogP contribution in [0.4, 0.5) is 0 Å². The third kappa shape index (κ3) is 2.44. The Bertz CT molecular complexity index is 161. The maximum atomic E-state index is 10.6. The molecule has 0 radical (unpaired) electrons. The molecule has 0 aromatic heterocycles. The molecule has 11 heavy (non-hydrogen) atoms. The lowest BCUT2D eigenvalue weighted by Gasteiger charge is -2.26. The molecule has 0 spiro atoms. The average molecular weight is 286 g/mol. The third-order valence-electron chi connectivity index (χ3n) is 2.04. The van der Waals surface area contributed by atoms with E-state index in [2.05, 4.69) is 31.9 Å². The summed E-state index contributed by atoms with van der Waals surface area (Å²) < 4.78 is 0. The Balaban J connectivity index is 2.46. The van der Waals surface area contributed by atoms with Crippen LogP contribution in [0, 0.1) is 5.92 Å². The van der Waals surface area contributed by atoms with Gasteiger partial charge in [0.25, 0.3) is 0 Å². The van der Waals surface area contributed by atoms with E-state index in [4.69, 9.17) is 5.11 Å². The fourth-order valence-corrected chi connectivity index (χ4v) is 2.50. The van der Waals surface area contributed by atoms with Gasteiger partial charge < -0.3 is 5.11 Å². The topological polar surface area (TPSA) is 37.3 Å². The molecule has 0 aromatic rings. The largest absolute Gasteiger partial charge is 0.481 e. The van der Waals surface area contributed by atoms with Gasteiger partial charge in [0.15, 0.2) is 0 Å². The van der Waals surface area contributed by atoms with Crippen molar-refractivity contribution >= 4 is 37.8 Å². The number of halogens is 2. The van der Waals surface area contributed by atoms with Crippen LogP contribution in [0.1, 0.15) is 19.3 Å². The second-order valence-corrected chi connectivity index (χ2v) is 5.23. The van der Waals surface area contributed by atoms with Gasteiger partial charge in [-0.15, -0.1) is 0 Å². The van der Waals surface area contributed by atoms with Crippen molar-refractivity contribution in [1.29, 1.82) is 0 Å². The van der Waals surface area contributed by atoms with Gasteiger partial charge in [0.2, 0.25) is 0 Å². The number of rotatable bonds is 1. The monoisotopic (exact) mass is 284 g/mol. The van der Waals surface area contributed by atoms with Crippen LogP contribution in [-0.4, -0.2) is 20.7 Å². The Hall–Kier alpha value is 0.430. The molecule has 0 bridgehead atoms. The summed E-state index contributed by atoms with van der Waals surface area (Å²) in [6, 6.07) is 0. The van der Waals surface area contributed by atoms with Crippen LogP contribution in [0.25, 0.3) is 0 Å². The lowest BCUT2D eigenvalue weighted by atomic mass is 9.89. The molecule has 0 amide bonds. The van der Waals surface area contributed by atoms with Crippen molar-refractivity contribution in [2.75, 3.05) is 0 Å². The number of hydrogen-bond acceptors (Lipinski definition) is 1. The second kappa shape index (κ2) is 3.90. The van der Waals surface area contributed by atoms with Gasteiger partial charge in [-0.1, -0.05) is 31.9 Å². The van der Waals surface area contributed by atoms with Crippen molar-refractivity contribution in [3.8, 4) is 0 Å². The summed E-state index contributed by atoms with van der Waals surface area (Å²) in [6.45, 7) is 0. The van der Waals surface area contributed by atoms with Crippen molar-refractivity contribution in [1.82, 2.24) is 0 Å². The Kier molecular flexibility index (Phi) is 3.37. The molecular weight excluding hydrogens is 276 g/mol. The number of carboxylic acid groups (broad SMARTS) is 1. The quantitative estimate of drug-likeness (QED) is 0.751. The SMILES string of the molecule is O=C(O)[C@H]1CC[C@@H](Br)[C@H](Br)C1. The van der Waals surface area contributed by atoms with Crippen LogP contribution >= 0.6 is 31.9 Å². The molecule has 2 nitrogen and oxygen atoms in total. The molecule has 0 saturated heterocycles. The van der Waals surface area contributed by atoms with Crippen molar-refractivity contribution in [3.05, 3.63) is 0 Å². The number of hydrogen-bond donors (Lipinski definition) is 1. The van der Waals surface area contributed by atoms with Gasteiger partial charge in [-0.2, -0.15) is 0 Å². The summed E-state index contributed by atoms with van der Waals surface area (Å²) in [6.07, 6.45) is 2.49. The van der Waals surface area contributed by atoms with E-state index in [1.165, 1.54) is 0 Å². The van der Waals surface area contributed by atoms with Crippen molar-refractivity contribution < 1.29 is 9.90 Å². The van der Waals surface area contributed by atoms with Crippen LogP contribution in [0.2, 0.25) is 0 Å². The maximum absolute atomic E-state index is 10.6. The molecule has 1 N–H and O–H groups in total. The maximum Gasteiger partial charge on any atom is 0.306 e. The predicted molar refractivity (Wildman–Crippen MR) is 50.4 cm³/mol. The van der Waals surface area contributed by atoms with Gasteiger partial charge >= 0.3 is 5.97 Å². The van der Waals surface area contributed by atoms with Gasteiger partial charge in [0, 0.05) is 9.65 Å². The third-order valence-corrected chi connectivity index (χ3v) is 4.86. The molecule has 0 aromatic carbocycles. The highest BCUT2D eigenvalue weighted by Gasteiger charge is 2.30. The van der Waals surface area contributed by atoms with Crippen LogP contribution < -0.4 is 0 Å². The smallest absolute Gasteiger partial charge is 0.306 e. The summed E-state index contributed by atoms with van der Waals surface area (Å²) in [5, 5.41) is 8.71. The number of aliphatic carboxylic acids is 1. The molecule has 1 rings (SSSR count). The zero-order valence-corrected chi connectivity index (χ0v) is 9.14. The molecule has 1 fully saturated rings. The highest BCUT2D eigenvalue weighted by Crippen LogP contribution is 2.33. The Morgan fingerprint density at radius 2 is 1.91 bits per heavy atom. The van der Waals surface area contributed by atoms with Crippen LogP contribution in [0.3, 0.4) is 0 Å². The lowest BCUT2D eigenvalue weighted by molar-refractivity contribution is -0.142. The van der Waals surface area contributed by atoms with Crippen LogP contribution in [0.5, 0.6) is 0 Å². The molecule has 3 atom stereocenters. The molecule has 1 saturated carbocycles. The highest BCUT2D eigenvalue weighted by molar-refractivity contribution is 9.12. The summed E-state index contributed by atoms with van der Waals surface area (Å²) in [7, 11) is 0. The van der Waals surface area contributed by atoms with E-state index >= 15 is 0 Å². The average Bonchev–Trinajstić information content (AvgIpc) is 1.94. The minimum Gasteiger partial charge on any atom is -0.481 e. The molecule has 0 unspecified atom stereocenters. The van der Waals surface area contributed by atoms with Crippen molar-refractivity contribution in [3.63, 3.8) is 0 Å². The lowest BCUT2D eigenvalue weighted by Crippen LogP contribution is -2.29. The van der Waals surface area contributed by atoms with Crippen LogP contribution in [0.15, 0.2) is 0 Å². The second-order valence-electron chi connectivity index (χ2n) is 2.88. The van der Waals surface area contributed by atoms with E-state index in [0.717, 1.165) is 19.3 Å². The summed E-state index contributed by atoms with van der Waals surface area (Å²) in [5.74, 6) is -0.804. The highest BCUT2D eigenvalue weighted by atomic mass is 79.9. The normalized spacial score (nSPS) is 38.5. The molecule has 0 heterocycles. The van der Waals surface area contributed by atoms with Crippen LogP contribution in [-0.2, 0) is 4.79 Å². The Morgan fingerprint density at radius 3 is 2.36 bits per heavy atom. The van der Waals surface area contributed by atoms with Gasteiger partial charge in [-0.3, -0.25) is 4.79 Å². The summed E-state index contributed by atoms with van der Waals surface area (Å²) in [5.41, 5.74) is 0. The molecule has 1 aliphatic rings. The first-order valence-corrected chi connectivity index (χ1v) is 5.45. The van der Waals surface area contributed by atoms with E-state index in [1.54, 1.807) is 0 Å². The minimum absolute atomic E-state index is 0.145. The van der Waals surface area contributed by atoms with Crippen molar-refractivity contribution in [2.45, 2.75) is 28.9 Å². The minimum atomic E-state index is -0.658. The van der Waals surface area contributed by atoms with E-state index in [1.807, 2.05) is 0 Å². The van der Waals surface area contributed by atoms with E-state index < -0.39 is 5.97 Å². The van der Waals surface area contributed by atoms with E-state index in [0.29, 0.717) is 9.65 Å². The number of alkyl halides is 2. The molecule has 4 heteroatoms. The first-order valence-electron chi connectivity index (χ1n) is 3.62. The zero-order chi connectivity index (χ0) is 8.43. The first kappa shape index (κ1) is 9.52. The summed E-state index contributed by atoms with van der Waals surface area (Å²) in [4.78, 5) is 11.3. The molecular formula is C7H10Br2O2. The predicted octanol–water partition coefficient (Wildman–Crippen LogP) is 2.40. The summed E-state index contributed by atoms with van der Waals surface area (Å²) >= 11 is 6.94. The van der Waals surface area contributed by atoms with Gasteiger partial charge in [-0.05, 0) is 19.3 Å². The van der Waals surface area contributed by atoms with E-state index in [9.17, 15) is 4.79 Å². The first-order chi connectivity index (χ1) is 5.11. The molecule has 0 aliphatic heterocycles.